The van der Waals surface area contributed by atoms with Gasteiger partial charge in [-0.1, -0.05) is 5.16 Å². The molecule has 0 bridgehead atoms. The number of carbonyl (C=O) groups is 1. The van der Waals surface area contributed by atoms with Crippen LogP contribution in [0.1, 0.15) is 16.1 Å². The largest absolute Gasteiger partial charge is 0.477 e. The van der Waals surface area contributed by atoms with Crippen molar-refractivity contribution in [3.05, 3.63) is 39.6 Å². The lowest BCUT2D eigenvalue weighted by Crippen LogP contribution is -2.01. The highest BCUT2D eigenvalue weighted by molar-refractivity contribution is 9.10. The van der Waals surface area contributed by atoms with Crippen LogP contribution in [0.15, 0.2) is 21.1 Å². The number of nitrogens with zero attached hydrogens (tertiary/aromatic N) is 1. The molecule has 0 amide bonds. The van der Waals surface area contributed by atoms with Gasteiger partial charge in [0.2, 0.25) is 0 Å². The predicted molar refractivity (Wildman–Crippen MR) is 61.3 cm³/mol. The standard InChI is InChI=1S/C11H6BrF2NO3/c1-4-7(11(16)17)10(15-18-4)5-2-3-6(12)9(14)8(5)13/h2-3H,1H3,(H,16,17). The van der Waals surface area contributed by atoms with Crippen molar-refractivity contribution in [2.75, 3.05) is 0 Å². The summed E-state index contributed by atoms with van der Waals surface area (Å²) in [6.45, 7) is 1.38. The molecule has 18 heavy (non-hydrogen) atoms. The lowest BCUT2D eigenvalue weighted by Gasteiger charge is -2.03. The second kappa shape index (κ2) is 4.49. The summed E-state index contributed by atoms with van der Waals surface area (Å²) in [4.78, 5) is 11.0. The number of halogens is 3. The summed E-state index contributed by atoms with van der Waals surface area (Å²) in [6.07, 6.45) is 0. The highest BCUT2D eigenvalue weighted by Crippen LogP contribution is 2.31. The molecular weight excluding hydrogens is 312 g/mol. The zero-order valence-corrected chi connectivity index (χ0v) is 10.6. The summed E-state index contributed by atoms with van der Waals surface area (Å²) in [5, 5.41) is 12.4. The Bertz CT molecular complexity index is 639. The number of hydrogen-bond acceptors (Lipinski definition) is 3. The monoisotopic (exact) mass is 317 g/mol. The van der Waals surface area contributed by atoms with Crippen molar-refractivity contribution in [2.24, 2.45) is 0 Å². The molecule has 4 nitrogen and oxygen atoms in total. The fourth-order valence-corrected chi connectivity index (χ4v) is 1.82. The molecule has 0 fully saturated rings. The lowest BCUT2D eigenvalue weighted by atomic mass is 10.1. The third-order valence-corrected chi connectivity index (χ3v) is 2.98. The first-order valence-corrected chi connectivity index (χ1v) is 5.56. The summed E-state index contributed by atoms with van der Waals surface area (Å²) in [6, 6.07) is 2.50. The maximum absolute atomic E-state index is 13.7. The topological polar surface area (TPSA) is 63.3 Å². The van der Waals surface area contributed by atoms with Crippen LogP contribution in [0.5, 0.6) is 0 Å². The summed E-state index contributed by atoms with van der Waals surface area (Å²) in [5.41, 5.74) is -0.774. The van der Waals surface area contributed by atoms with E-state index in [4.69, 9.17) is 9.63 Å². The van der Waals surface area contributed by atoms with Crippen molar-refractivity contribution in [1.82, 2.24) is 5.16 Å². The smallest absolute Gasteiger partial charge is 0.341 e. The maximum Gasteiger partial charge on any atom is 0.341 e. The number of rotatable bonds is 2. The minimum Gasteiger partial charge on any atom is -0.477 e. The van der Waals surface area contributed by atoms with Crippen LogP contribution in [-0.2, 0) is 0 Å². The Labute approximate surface area is 108 Å². The van der Waals surface area contributed by atoms with Crippen molar-refractivity contribution in [2.45, 2.75) is 6.92 Å². The fourth-order valence-electron chi connectivity index (χ4n) is 1.52. The maximum atomic E-state index is 13.7. The van der Waals surface area contributed by atoms with Gasteiger partial charge < -0.3 is 9.63 Å². The fraction of sp³-hybridized carbons (Fsp3) is 0.0909. The number of hydrogen-bond donors (Lipinski definition) is 1. The number of carboxylic acid groups (broad SMARTS) is 1. The molecule has 0 aliphatic carbocycles. The molecule has 1 heterocycles. The Morgan fingerprint density at radius 2 is 2.06 bits per heavy atom. The van der Waals surface area contributed by atoms with Crippen LogP contribution in [0.4, 0.5) is 8.78 Å². The number of aromatic carboxylic acids is 1. The first-order chi connectivity index (χ1) is 8.43. The molecule has 7 heteroatoms. The van der Waals surface area contributed by atoms with Gasteiger partial charge in [0.05, 0.1) is 4.47 Å². The van der Waals surface area contributed by atoms with E-state index in [0.29, 0.717) is 0 Å². The molecular formula is C11H6BrF2NO3. The molecule has 2 rings (SSSR count). The Morgan fingerprint density at radius 1 is 1.39 bits per heavy atom. The average molecular weight is 318 g/mol. The summed E-state index contributed by atoms with van der Waals surface area (Å²) < 4.78 is 31.8. The number of aromatic nitrogens is 1. The van der Waals surface area contributed by atoms with Crippen LogP contribution in [0.25, 0.3) is 11.3 Å². The van der Waals surface area contributed by atoms with E-state index >= 15 is 0 Å². The summed E-state index contributed by atoms with van der Waals surface area (Å²) >= 11 is 2.83. The van der Waals surface area contributed by atoms with Gasteiger partial charge in [0.25, 0.3) is 0 Å². The van der Waals surface area contributed by atoms with Gasteiger partial charge in [0.15, 0.2) is 11.6 Å². The average Bonchev–Trinajstić information content (AvgIpc) is 2.68. The highest BCUT2D eigenvalue weighted by Gasteiger charge is 2.24. The van der Waals surface area contributed by atoms with Crippen LogP contribution >= 0.6 is 15.9 Å². The molecule has 0 radical (unpaired) electrons. The van der Waals surface area contributed by atoms with E-state index in [-0.39, 0.29) is 27.1 Å². The predicted octanol–water partition coefficient (Wildman–Crippen LogP) is 3.39. The molecule has 1 N–H and O–H groups in total. The van der Waals surface area contributed by atoms with Crippen molar-refractivity contribution < 1.29 is 23.2 Å². The van der Waals surface area contributed by atoms with Crippen molar-refractivity contribution in [3.63, 3.8) is 0 Å². The molecule has 1 aromatic heterocycles. The van der Waals surface area contributed by atoms with E-state index in [2.05, 4.69) is 21.1 Å². The minimum atomic E-state index is -1.31. The molecule has 0 spiro atoms. The Morgan fingerprint density at radius 3 is 2.67 bits per heavy atom. The van der Waals surface area contributed by atoms with E-state index in [1.165, 1.54) is 19.1 Å². The second-order valence-corrected chi connectivity index (χ2v) is 4.34. The van der Waals surface area contributed by atoms with E-state index in [1.54, 1.807) is 0 Å². The van der Waals surface area contributed by atoms with Gasteiger partial charge in [-0.3, -0.25) is 0 Å². The number of aryl methyl sites for hydroxylation is 1. The Hall–Kier alpha value is -1.76. The normalized spacial score (nSPS) is 10.7. The molecule has 0 saturated heterocycles. The SMILES string of the molecule is Cc1onc(-c2ccc(Br)c(F)c2F)c1C(=O)O. The lowest BCUT2D eigenvalue weighted by molar-refractivity contribution is 0.0695. The second-order valence-electron chi connectivity index (χ2n) is 3.49. The third kappa shape index (κ3) is 1.90. The van der Waals surface area contributed by atoms with Gasteiger partial charge in [-0.2, -0.15) is 0 Å². The van der Waals surface area contributed by atoms with E-state index in [0.717, 1.165) is 0 Å². The minimum absolute atomic E-state index is 0.0280. The molecule has 1 aromatic carbocycles. The number of benzene rings is 1. The highest BCUT2D eigenvalue weighted by atomic mass is 79.9. The van der Waals surface area contributed by atoms with Crippen LogP contribution in [0.3, 0.4) is 0 Å². The van der Waals surface area contributed by atoms with Gasteiger partial charge in [-0.25, -0.2) is 13.6 Å². The van der Waals surface area contributed by atoms with Gasteiger partial charge in [-0.05, 0) is 35.0 Å². The van der Waals surface area contributed by atoms with Crippen molar-refractivity contribution >= 4 is 21.9 Å². The summed E-state index contributed by atoms with van der Waals surface area (Å²) in [5.74, 6) is -3.57. The molecule has 0 atom stereocenters. The summed E-state index contributed by atoms with van der Waals surface area (Å²) in [7, 11) is 0. The molecule has 0 saturated carbocycles. The van der Waals surface area contributed by atoms with Crippen LogP contribution < -0.4 is 0 Å². The van der Waals surface area contributed by atoms with Gasteiger partial charge in [0.1, 0.15) is 17.0 Å². The molecule has 0 aliphatic rings. The molecule has 2 aromatic rings. The first kappa shape index (κ1) is 12.7. The zero-order chi connectivity index (χ0) is 13.4. The third-order valence-electron chi connectivity index (χ3n) is 2.37. The molecule has 0 unspecified atom stereocenters. The molecule has 0 aliphatic heterocycles. The Kier molecular flexibility index (Phi) is 3.16. The quantitative estimate of drug-likeness (QED) is 0.862. The zero-order valence-electron chi connectivity index (χ0n) is 9.00. The van der Waals surface area contributed by atoms with Crippen molar-refractivity contribution in [1.29, 1.82) is 0 Å². The van der Waals surface area contributed by atoms with Crippen molar-refractivity contribution in [3.8, 4) is 11.3 Å². The van der Waals surface area contributed by atoms with Crippen LogP contribution in [0, 0.1) is 18.6 Å². The first-order valence-electron chi connectivity index (χ1n) is 4.77. The van der Waals surface area contributed by atoms with Gasteiger partial charge in [-0.15, -0.1) is 0 Å². The number of carboxylic acids is 1. The Balaban J connectivity index is 2.71. The van der Waals surface area contributed by atoms with Gasteiger partial charge >= 0.3 is 5.97 Å². The van der Waals surface area contributed by atoms with Crippen LogP contribution in [-0.4, -0.2) is 16.2 Å². The van der Waals surface area contributed by atoms with E-state index in [9.17, 15) is 13.6 Å². The van der Waals surface area contributed by atoms with E-state index in [1.807, 2.05) is 0 Å². The van der Waals surface area contributed by atoms with Gasteiger partial charge in [0, 0.05) is 5.56 Å². The van der Waals surface area contributed by atoms with E-state index < -0.39 is 17.6 Å². The molecule has 94 valence electrons. The van der Waals surface area contributed by atoms with Crippen LogP contribution in [0.2, 0.25) is 0 Å².